The molecule has 0 saturated carbocycles. The third-order valence-electron chi connectivity index (χ3n) is 3.08. The van der Waals surface area contributed by atoms with Crippen LogP contribution in [-0.4, -0.2) is 41.6 Å². The minimum atomic E-state index is -0.415. The fourth-order valence-electron chi connectivity index (χ4n) is 2.15. The van der Waals surface area contributed by atoms with Gasteiger partial charge in [0.1, 0.15) is 5.54 Å². The molecule has 14 heavy (non-hydrogen) atoms. The number of amides is 1. The van der Waals surface area contributed by atoms with Gasteiger partial charge in [0.15, 0.2) is 5.11 Å². The molecule has 2 aliphatic heterocycles. The molecule has 2 N–H and O–H groups in total. The number of rotatable bonds is 0. The summed E-state index contributed by atoms with van der Waals surface area (Å²) in [5.74, 6) is 0.0535. The van der Waals surface area contributed by atoms with Crippen LogP contribution >= 0.6 is 12.2 Å². The van der Waals surface area contributed by atoms with E-state index in [4.69, 9.17) is 12.2 Å². The maximum absolute atomic E-state index is 11.7. The minimum Gasteiger partial charge on any atom is -0.348 e. The predicted molar refractivity (Wildman–Crippen MR) is 58.0 cm³/mol. The first-order valence-electron chi connectivity index (χ1n) is 4.95. The molecule has 0 bridgehead atoms. The van der Waals surface area contributed by atoms with Gasteiger partial charge in [-0.15, -0.1) is 0 Å². The highest BCUT2D eigenvalue weighted by molar-refractivity contribution is 7.80. The van der Waals surface area contributed by atoms with Crippen LogP contribution in [0.2, 0.25) is 0 Å². The third kappa shape index (κ3) is 1.62. The predicted octanol–water partition coefficient (Wildman–Crippen LogP) is -0.155. The Morgan fingerprint density at radius 2 is 2.21 bits per heavy atom. The van der Waals surface area contributed by atoms with Crippen LogP contribution in [-0.2, 0) is 4.79 Å². The molecule has 1 spiro atoms. The van der Waals surface area contributed by atoms with E-state index >= 15 is 0 Å². The highest BCUT2D eigenvalue weighted by atomic mass is 32.1. The van der Waals surface area contributed by atoms with E-state index in [0.29, 0.717) is 5.11 Å². The molecular weight excluding hydrogens is 198 g/mol. The summed E-state index contributed by atoms with van der Waals surface area (Å²) in [5.41, 5.74) is -0.415. The van der Waals surface area contributed by atoms with E-state index in [1.165, 1.54) is 0 Å². The number of carbonyl (C=O) groups is 1. The Balaban J connectivity index is 2.15. The van der Waals surface area contributed by atoms with Crippen molar-refractivity contribution < 1.29 is 4.79 Å². The van der Waals surface area contributed by atoms with Gasteiger partial charge in [0, 0.05) is 6.54 Å². The number of nitrogens with one attached hydrogen (secondary N) is 2. The second kappa shape index (κ2) is 3.47. The molecule has 2 rings (SSSR count). The normalized spacial score (nSPS) is 34.1. The zero-order chi connectivity index (χ0) is 10.2. The summed E-state index contributed by atoms with van der Waals surface area (Å²) >= 11 is 4.97. The summed E-state index contributed by atoms with van der Waals surface area (Å²) in [7, 11) is 2.09. The van der Waals surface area contributed by atoms with Crippen molar-refractivity contribution in [3.8, 4) is 0 Å². The summed E-state index contributed by atoms with van der Waals surface area (Å²) in [6, 6.07) is 0. The van der Waals surface area contributed by atoms with Crippen molar-refractivity contribution >= 4 is 23.2 Å². The lowest BCUT2D eigenvalue weighted by atomic mass is 9.91. The Labute approximate surface area is 89.0 Å². The molecule has 1 unspecified atom stereocenters. The molecule has 0 aromatic carbocycles. The number of hydrogen-bond acceptors (Lipinski definition) is 3. The van der Waals surface area contributed by atoms with Crippen molar-refractivity contribution in [2.24, 2.45) is 0 Å². The first-order chi connectivity index (χ1) is 6.62. The topological polar surface area (TPSA) is 44.4 Å². The Bertz CT molecular complexity index is 281. The maximum Gasteiger partial charge on any atom is 0.251 e. The Morgan fingerprint density at radius 3 is 2.86 bits per heavy atom. The zero-order valence-corrected chi connectivity index (χ0v) is 9.12. The fraction of sp³-hybridized carbons (Fsp3) is 0.778. The molecule has 2 heterocycles. The van der Waals surface area contributed by atoms with Gasteiger partial charge in [-0.05, 0) is 45.1 Å². The molecule has 0 radical (unpaired) electrons. The smallest absolute Gasteiger partial charge is 0.251 e. The number of thiocarbonyl (C=S) groups is 1. The van der Waals surface area contributed by atoms with Crippen molar-refractivity contribution in [3.05, 3.63) is 0 Å². The minimum absolute atomic E-state index is 0.0535. The van der Waals surface area contributed by atoms with Crippen LogP contribution in [0.5, 0.6) is 0 Å². The van der Waals surface area contributed by atoms with Crippen molar-refractivity contribution in [2.45, 2.75) is 24.8 Å². The molecule has 5 heteroatoms. The number of hydrogen-bond donors (Lipinski definition) is 2. The van der Waals surface area contributed by atoms with Gasteiger partial charge in [0.05, 0.1) is 0 Å². The van der Waals surface area contributed by atoms with E-state index < -0.39 is 5.54 Å². The van der Waals surface area contributed by atoms with Crippen molar-refractivity contribution in [3.63, 3.8) is 0 Å². The lowest BCUT2D eigenvalue weighted by molar-refractivity contribution is -0.124. The number of likely N-dealkylation sites (tertiary alicyclic amines) is 1. The van der Waals surface area contributed by atoms with Crippen molar-refractivity contribution in [1.82, 2.24) is 15.5 Å². The highest BCUT2D eigenvalue weighted by Crippen LogP contribution is 2.24. The molecule has 2 fully saturated rings. The van der Waals surface area contributed by atoms with Gasteiger partial charge >= 0.3 is 0 Å². The number of carbonyl (C=O) groups excluding carboxylic acids is 1. The second-order valence-electron chi connectivity index (χ2n) is 4.15. The molecule has 2 saturated heterocycles. The molecule has 0 aliphatic carbocycles. The highest BCUT2D eigenvalue weighted by Gasteiger charge is 2.44. The molecule has 0 aromatic heterocycles. The molecule has 4 nitrogen and oxygen atoms in total. The van der Waals surface area contributed by atoms with Gasteiger partial charge in [0.25, 0.3) is 5.91 Å². The van der Waals surface area contributed by atoms with E-state index in [-0.39, 0.29) is 5.91 Å². The molecule has 1 atom stereocenters. The van der Waals surface area contributed by atoms with Crippen molar-refractivity contribution in [1.29, 1.82) is 0 Å². The Hall–Kier alpha value is -0.680. The van der Waals surface area contributed by atoms with Gasteiger partial charge in [-0.1, -0.05) is 0 Å². The largest absolute Gasteiger partial charge is 0.348 e. The first kappa shape index (κ1) is 9.86. The van der Waals surface area contributed by atoms with E-state index in [2.05, 4.69) is 22.6 Å². The third-order valence-corrected chi connectivity index (χ3v) is 3.28. The second-order valence-corrected chi connectivity index (χ2v) is 4.56. The average Bonchev–Trinajstić information content (AvgIpc) is 2.31. The van der Waals surface area contributed by atoms with Crippen LogP contribution in [0.1, 0.15) is 19.3 Å². The van der Waals surface area contributed by atoms with E-state index in [9.17, 15) is 4.79 Å². The van der Waals surface area contributed by atoms with Gasteiger partial charge in [-0.25, -0.2) is 0 Å². The SMILES string of the molecule is CN1CCCC2(CC1)NC(=S)NC2=O. The first-order valence-corrected chi connectivity index (χ1v) is 5.35. The van der Waals surface area contributed by atoms with Gasteiger partial charge in [0.2, 0.25) is 0 Å². The van der Waals surface area contributed by atoms with Crippen LogP contribution < -0.4 is 10.6 Å². The van der Waals surface area contributed by atoms with Crippen LogP contribution in [0.15, 0.2) is 0 Å². The molecule has 1 amide bonds. The number of nitrogens with zero attached hydrogens (tertiary/aromatic N) is 1. The standard InChI is InChI=1S/C9H15N3OS/c1-12-5-2-3-9(4-6-12)7(13)10-8(14)11-9/h2-6H2,1H3,(H2,10,11,13,14). The van der Waals surface area contributed by atoms with E-state index in [1.54, 1.807) is 0 Å². The van der Waals surface area contributed by atoms with E-state index in [0.717, 1.165) is 32.4 Å². The molecular formula is C9H15N3OS. The summed E-state index contributed by atoms with van der Waals surface area (Å²) in [6.45, 7) is 2.01. The molecule has 2 aliphatic rings. The summed E-state index contributed by atoms with van der Waals surface area (Å²) in [5, 5.41) is 6.29. The molecule has 78 valence electrons. The van der Waals surface area contributed by atoms with Crippen LogP contribution in [0, 0.1) is 0 Å². The Kier molecular flexibility index (Phi) is 2.45. The van der Waals surface area contributed by atoms with Gasteiger partial charge < -0.3 is 15.5 Å². The quantitative estimate of drug-likeness (QED) is 0.549. The van der Waals surface area contributed by atoms with Crippen LogP contribution in [0.3, 0.4) is 0 Å². The van der Waals surface area contributed by atoms with Crippen molar-refractivity contribution in [2.75, 3.05) is 20.1 Å². The van der Waals surface area contributed by atoms with Crippen LogP contribution in [0.25, 0.3) is 0 Å². The molecule has 0 aromatic rings. The monoisotopic (exact) mass is 213 g/mol. The van der Waals surface area contributed by atoms with E-state index in [1.807, 2.05) is 0 Å². The summed E-state index contributed by atoms with van der Waals surface area (Å²) in [6.07, 6.45) is 2.76. The summed E-state index contributed by atoms with van der Waals surface area (Å²) < 4.78 is 0. The van der Waals surface area contributed by atoms with Gasteiger partial charge in [-0.2, -0.15) is 0 Å². The lowest BCUT2D eigenvalue weighted by Gasteiger charge is -2.24. The lowest BCUT2D eigenvalue weighted by Crippen LogP contribution is -2.47. The maximum atomic E-state index is 11.7. The summed E-state index contributed by atoms with van der Waals surface area (Å²) in [4.78, 5) is 14.0. The fourth-order valence-corrected chi connectivity index (χ4v) is 2.44. The average molecular weight is 213 g/mol. The Morgan fingerprint density at radius 1 is 1.43 bits per heavy atom. The zero-order valence-electron chi connectivity index (χ0n) is 8.30. The van der Waals surface area contributed by atoms with Crippen LogP contribution in [0.4, 0.5) is 0 Å². The van der Waals surface area contributed by atoms with Gasteiger partial charge in [-0.3, -0.25) is 4.79 Å².